The zero-order valence-electron chi connectivity index (χ0n) is 23.7. The molecule has 0 saturated carbocycles. The maximum atomic E-state index is 14.3. The van der Waals surface area contributed by atoms with Crippen LogP contribution < -0.4 is 20.7 Å². The number of nitrogens with zero attached hydrogens (tertiary/aromatic N) is 6. The summed E-state index contributed by atoms with van der Waals surface area (Å²) >= 11 is 0. The summed E-state index contributed by atoms with van der Waals surface area (Å²) in [6.45, 7) is 8.52. The monoisotopic (exact) mass is 574 g/mol. The van der Waals surface area contributed by atoms with Crippen LogP contribution in [0.1, 0.15) is 45.9 Å². The van der Waals surface area contributed by atoms with Crippen LogP contribution in [0, 0.1) is 0 Å². The van der Waals surface area contributed by atoms with E-state index in [0.717, 1.165) is 0 Å². The summed E-state index contributed by atoms with van der Waals surface area (Å²) < 4.78 is 46.2. The number of morpholine rings is 1. The summed E-state index contributed by atoms with van der Waals surface area (Å²) in [5.41, 5.74) is 7.00. The van der Waals surface area contributed by atoms with E-state index < -0.39 is 17.9 Å². The number of aromatic nitrogens is 4. The number of para-hydroxylation sites is 1. The number of carbonyl (C=O) groups is 1. The highest BCUT2D eigenvalue weighted by molar-refractivity contribution is 5.84. The summed E-state index contributed by atoms with van der Waals surface area (Å²) in [6.07, 6.45) is -2.00. The van der Waals surface area contributed by atoms with Crippen molar-refractivity contribution in [1.29, 1.82) is 0 Å². The van der Waals surface area contributed by atoms with Gasteiger partial charge in [-0.2, -0.15) is 9.97 Å². The first-order valence-electron chi connectivity index (χ1n) is 13.6. The molecule has 2 saturated heterocycles. The second kappa shape index (κ2) is 11.5. The van der Waals surface area contributed by atoms with Crippen LogP contribution in [0.3, 0.4) is 0 Å². The number of nitrogens with one attached hydrogen (secondary N) is 1. The predicted molar refractivity (Wildman–Crippen MR) is 150 cm³/mol. The van der Waals surface area contributed by atoms with Crippen LogP contribution >= 0.6 is 0 Å². The van der Waals surface area contributed by atoms with Gasteiger partial charge in [0.1, 0.15) is 22.6 Å². The Morgan fingerprint density at radius 3 is 2.46 bits per heavy atom. The average Bonchev–Trinajstić information content (AvgIpc) is 3.34. The number of amides is 1. The van der Waals surface area contributed by atoms with E-state index in [1.807, 2.05) is 25.7 Å². The Kier molecular flexibility index (Phi) is 8.02. The third-order valence-corrected chi connectivity index (χ3v) is 7.00. The average molecular weight is 575 g/mol. The van der Waals surface area contributed by atoms with Crippen molar-refractivity contribution in [1.82, 2.24) is 24.4 Å². The van der Waals surface area contributed by atoms with Crippen molar-refractivity contribution in [3.63, 3.8) is 0 Å². The van der Waals surface area contributed by atoms with Gasteiger partial charge in [0.2, 0.25) is 5.95 Å². The highest BCUT2D eigenvalue weighted by atomic mass is 19.3. The van der Waals surface area contributed by atoms with Crippen LogP contribution in [0.2, 0.25) is 0 Å². The van der Waals surface area contributed by atoms with Crippen molar-refractivity contribution in [3.8, 4) is 11.7 Å². The van der Waals surface area contributed by atoms with Crippen LogP contribution in [0.5, 0.6) is 5.75 Å². The maximum Gasteiger partial charge on any atom is 0.410 e. The Balaban J connectivity index is 1.51. The zero-order chi connectivity index (χ0) is 29.3. The van der Waals surface area contributed by atoms with Crippen LogP contribution in [0.4, 0.5) is 30.9 Å². The number of nitrogens with two attached hydrogens (primary N) is 1. The number of nitrogen functional groups attached to an aromatic ring is 1. The molecule has 0 radical (unpaired) electrons. The fourth-order valence-electron chi connectivity index (χ4n) is 5.01. The van der Waals surface area contributed by atoms with Gasteiger partial charge in [0.25, 0.3) is 6.43 Å². The molecule has 41 heavy (non-hydrogen) atoms. The molecule has 2 aromatic heterocycles. The molecular formula is C27H36F2N8O4. The summed E-state index contributed by atoms with van der Waals surface area (Å²) in [6, 6.07) is 4.97. The Morgan fingerprint density at radius 1 is 1.12 bits per heavy atom. The third-order valence-electron chi connectivity index (χ3n) is 7.00. The molecular weight excluding hydrogens is 538 g/mol. The molecule has 12 nitrogen and oxygen atoms in total. The minimum Gasteiger partial charge on any atom is -0.494 e. The molecule has 0 aliphatic carbocycles. The van der Waals surface area contributed by atoms with E-state index in [9.17, 15) is 13.6 Å². The van der Waals surface area contributed by atoms with Gasteiger partial charge < -0.3 is 35.1 Å². The van der Waals surface area contributed by atoms with Gasteiger partial charge in [-0.1, -0.05) is 6.07 Å². The lowest BCUT2D eigenvalue weighted by Gasteiger charge is -2.34. The zero-order valence-corrected chi connectivity index (χ0v) is 23.7. The molecule has 0 atom stereocenters. The van der Waals surface area contributed by atoms with Gasteiger partial charge in [-0.05, 0) is 45.7 Å². The normalized spacial score (nSPS) is 16.9. The summed E-state index contributed by atoms with van der Waals surface area (Å²) in [4.78, 5) is 29.7. The van der Waals surface area contributed by atoms with E-state index in [1.165, 1.54) is 11.7 Å². The molecule has 222 valence electrons. The highest BCUT2D eigenvalue weighted by Gasteiger charge is 2.30. The number of methoxy groups -OCH3 is 1. The van der Waals surface area contributed by atoms with E-state index >= 15 is 0 Å². The SMILES string of the molecule is COc1cccc2c1nc(C(F)F)n2-c1nc(NC2CCN(C(=O)OC(C)(C)C)CC2)c(N)c(N2CCOCC2)n1. The summed E-state index contributed by atoms with van der Waals surface area (Å²) in [5, 5.41) is 3.40. The van der Waals surface area contributed by atoms with E-state index in [2.05, 4.69) is 20.3 Å². The minimum atomic E-state index is -2.89. The quantitative estimate of drug-likeness (QED) is 0.445. The maximum absolute atomic E-state index is 14.3. The molecule has 3 N–H and O–H groups in total. The third kappa shape index (κ3) is 6.06. The van der Waals surface area contributed by atoms with E-state index in [0.29, 0.717) is 80.8 Å². The van der Waals surface area contributed by atoms with Gasteiger partial charge in [0.05, 0.1) is 25.8 Å². The predicted octanol–water partition coefficient (Wildman–Crippen LogP) is 3.99. The van der Waals surface area contributed by atoms with E-state index in [1.54, 1.807) is 23.1 Å². The molecule has 5 rings (SSSR count). The van der Waals surface area contributed by atoms with Crippen molar-refractivity contribution >= 4 is 34.4 Å². The lowest BCUT2D eigenvalue weighted by atomic mass is 10.1. The van der Waals surface area contributed by atoms with Crippen LogP contribution in [0.25, 0.3) is 17.0 Å². The fourth-order valence-corrected chi connectivity index (χ4v) is 5.01. The number of imidazole rings is 1. The summed E-state index contributed by atoms with van der Waals surface area (Å²) in [5.74, 6) is 0.635. The number of rotatable bonds is 6. The lowest BCUT2D eigenvalue weighted by Crippen LogP contribution is -2.44. The number of piperidine rings is 1. The van der Waals surface area contributed by atoms with Crippen LogP contribution in [0.15, 0.2) is 18.2 Å². The second-order valence-electron chi connectivity index (χ2n) is 11.0. The highest BCUT2D eigenvalue weighted by Crippen LogP contribution is 2.35. The van der Waals surface area contributed by atoms with Gasteiger partial charge in [-0.25, -0.2) is 18.6 Å². The van der Waals surface area contributed by atoms with Gasteiger partial charge in [0, 0.05) is 32.2 Å². The smallest absolute Gasteiger partial charge is 0.410 e. The van der Waals surface area contributed by atoms with Crippen molar-refractivity contribution in [3.05, 3.63) is 24.0 Å². The molecule has 2 aliphatic heterocycles. The standard InChI is InChI=1S/C27H36F2N8O4/c1-27(2,3)41-26(38)36-10-8-16(9-11-36)31-22-19(30)23(35-12-14-40-15-13-35)34-25(33-22)37-17-6-5-7-18(39-4)20(17)32-24(37)21(28)29/h5-7,16,21H,8-15,30H2,1-4H3,(H,31,33,34). The molecule has 0 unspecified atom stereocenters. The lowest BCUT2D eigenvalue weighted by molar-refractivity contribution is 0.0210. The number of anilines is 3. The topological polar surface area (TPSA) is 133 Å². The number of carbonyl (C=O) groups excluding carboxylic acids is 1. The molecule has 2 fully saturated rings. The first kappa shape index (κ1) is 28.6. The van der Waals surface area contributed by atoms with Crippen molar-refractivity contribution in [2.45, 2.75) is 51.7 Å². The number of hydrogen-bond acceptors (Lipinski definition) is 10. The Hall–Kier alpha value is -3.94. The Morgan fingerprint density at radius 2 is 1.83 bits per heavy atom. The Bertz CT molecular complexity index is 1400. The molecule has 14 heteroatoms. The number of halogens is 2. The molecule has 1 aromatic carbocycles. The van der Waals surface area contributed by atoms with E-state index in [-0.39, 0.29) is 23.6 Å². The number of hydrogen-bond donors (Lipinski definition) is 2. The van der Waals surface area contributed by atoms with Crippen LogP contribution in [-0.4, -0.2) is 88.7 Å². The molecule has 4 heterocycles. The number of alkyl halides is 2. The van der Waals surface area contributed by atoms with Crippen molar-refractivity contribution in [2.24, 2.45) is 0 Å². The van der Waals surface area contributed by atoms with Gasteiger partial charge >= 0.3 is 6.09 Å². The molecule has 0 bridgehead atoms. The van der Waals surface area contributed by atoms with Crippen molar-refractivity contribution in [2.75, 3.05) is 62.5 Å². The number of benzene rings is 1. The van der Waals surface area contributed by atoms with Crippen molar-refractivity contribution < 1.29 is 27.8 Å². The van der Waals surface area contributed by atoms with Gasteiger partial charge in [0.15, 0.2) is 17.5 Å². The first-order valence-corrected chi connectivity index (χ1v) is 13.6. The largest absolute Gasteiger partial charge is 0.494 e. The molecule has 1 amide bonds. The number of ether oxygens (including phenoxy) is 3. The second-order valence-corrected chi connectivity index (χ2v) is 11.0. The summed E-state index contributed by atoms with van der Waals surface area (Å²) in [7, 11) is 1.46. The van der Waals surface area contributed by atoms with Gasteiger partial charge in [-0.3, -0.25) is 4.57 Å². The van der Waals surface area contributed by atoms with E-state index in [4.69, 9.17) is 19.9 Å². The fraction of sp³-hybridized carbons (Fsp3) is 0.556. The minimum absolute atomic E-state index is 0.0143. The molecule has 0 spiro atoms. The molecule has 3 aromatic rings. The number of fused-ring (bicyclic) bond motifs is 1. The van der Waals surface area contributed by atoms with Gasteiger partial charge in [-0.15, -0.1) is 0 Å². The first-order chi connectivity index (χ1) is 19.6. The number of likely N-dealkylation sites (tertiary alicyclic amines) is 1. The van der Waals surface area contributed by atoms with Crippen LogP contribution in [-0.2, 0) is 9.47 Å². The molecule has 2 aliphatic rings. The Labute approximate surface area is 236 Å².